The van der Waals surface area contributed by atoms with Crippen molar-refractivity contribution >= 4 is 16.8 Å². The SMILES string of the molecule is CCC(=O)N(Cc1cc2cc(OC)c(OC)cc2[nH]c1=O)C[C@H]1CCCO1. The fourth-order valence-corrected chi connectivity index (χ4v) is 3.41. The molecule has 1 aliphatic rings. The molecular weight excluding hydrogens is 348 g/mol. The van der Waals surface area contributed by atoms with Crippen molar-refractivity contribution in [2.75, 3.05) is 27.4 Å². The minimum absolute atomic E-state index is 0.0114. The van der Waals surface area contributed by atoms with Gasteiger partial charge >= 0.3 is 0 Å². The van der Waals surface area contributed by atoms with Gasteiger partial charge in [-0.25, -0.2) is 0 Å². The lowest BCUT2D eigenvalue weighted by Gasteiger charge is -2.25. The molecule has 1 amide bonds. The van der Waals surface area contributed by atoms with E-state index >= 15 is 0 Å². The number of carbonyl (C=O) groups excluding carboxylic acids is 1. The van der Waals surface area contributed by atoms with Crippen LogP contribution in [0.4, 0.5) is 0 Å². The number of methoxy groups -OCH3 is 2. The van der Waals surface area contributed by atoms with E-state index in [9.17, 15) is 9.59 Å². The fourth-order valence-electron chi connectivity index (χ4n) is 3.41. The van der Waals surface area contributed by atoms with Gasteiger partial charge < -0.3 is 24.1 Å². The van der Waals surface area contributed by atoms with Gasteiger partial charge in [0.25, 0.3) is 5.56 Å². The zero-order valence-corrected chi connectivity index (χ0v) is 16.0. The highest BCUT2D eigenvalue weighted by Crippen LogP contribution is 2.31. The van der Waals surface area contributed by atoms with Gasteiger partial charge in [-0.3, -0.25) is 9.59 Å². The molecule has 0 saturated carbocycles. The van der Waals surface area contributed by atoms with E-state index in [-0.39, 0.29) is 24.1 Å². The summed E-state index contributed by atoms with van der Waals surface area (Å²) in [5.41, 5.74) is 0.986. The molecule has 1 atom stereocenters. The predicted molar refractivity (Wildman–Crippen MR) is 102 cm³/mol. The maximum atomic E-state index is 12.6. The Labute approximate surface area is 158 Å². The van der Waals surface area contributed by atoms with Gasteiger partial charge in [0, 0.05) is 36.6 Å². The molecule has 1 aromatic heterocycles. The van der Waals surface area contributed by atoms with Crippen LogP contribution in [0.3, 0.4) is 0 Å². The first kappa shape index (κ1) is 19.2. The fraction of sp³-hybridized carbons (Fsp3) is 0.500. The molecule has 2 heterocycles. The van der Waals surface area contributed by atoms with Crippen LogP contribution in [0, 0.1) is 0 Å². The van der Waals surface area contributed by atoms with Crippen molar-refractivity contribution in [1.29, 1.82) is 0 Å². The lowest BCUT2D eigenvalue weighted by molar-refractivity contribution is -0.133. The number of H-pyrrole nitrogens is 1. The number of aromatic amines is 1. The Morgan fingerprint density at radius 1 is 1.26 bits per heavy atom. The van der Waals surface area contributed by atoms with E-state index in [0.717, 1.165) is 24.8 Å². The number of nitrogens with zero attached hydrogens (tertiary/aromatic N) is 1. The van der Waals surface area contributed by atoms with Crippen LogP contribution in [0.25, 0.3) is 10.9 Å². The Morgan fingerprint density at radius 3 is 2.63 bits per heavy atom. The highest BCUT2D eigenvalue weighted by molar-refractivity contribution is 5.83. The highest BCUT2D eigenvalue weighted by Gasteiger charge is 2.23. The molecule has 1 aromatic carbocycles. The van der Waals surface area contributed by atoms with E-state index < -0.39 is 0 Å². The van der Waals surface area contributed by atoms with E-state index in [1.54, 1.807) is 25.2 Å². The maximum Gasteiger partial charge on any atom is 0.253 e. The van der Waals surface area contributed by atoms with Crippen molar-refractivity contribution < 1.29 is 19.0 Å². The van der Waals surface area contributed by atoms with Gasteiger partial charge in [0.15, 0.2) is 11.5 Å². The minimum atomic E-state index is -0.212. The lowest BCUT2D eigenvalue weighted by Crippen LogP contribution is -2.37. The number of pyridine rings is 1. The van der Waals surface area contributed by atoms with Crippen molar-refractivity contribution in [2.24, 2.45) is 0 Å². The highest BCUT2D eigenvalue weighted by atomic mass is 16.5. The predicted octanol–water partition coefficient (Wildman–Crippen LogP) is 2.46. The summed E-state index contributed by atoms with van der Waals surface area (Å²) >= 11 is 0. The summed E-state index contributed by atoms with van der Waals surface area (Å²) in [7, 11) is 3.12. The van der Waals surface area contributed by atoms with Gasteiger partial charge in [0.1, 0.15) is 0 Å². The molecule has 3 rings (SSSR count). The monoisotopic (exact) mass is 374 g/mol. The Kier molecular flexibility index (Phi) is 6.01. The van der Waals surface area contributed by atoms with Gasteiger partial charge in [-0.05, 0) is 25.0 Å². The number of ether oxygens (including phenoxy) is 3. The molecule has 1 fully saturated rings. The number of rotatable bonds is 7. The number of hydrogen-bond acceptors (Lipinski definition) is 5. The molecular formula is C20H26N2O5. The van der Waals surface area contributed by atoms with Crippen LogP contribution in [0.15, 0.2) is 23.0 Å². The van der Waals surface area contributed by atoms with E-state index in [0.29, 0.717) is 35.5 Å². The standard InChI is InChI=1S/C20H26N2O5/c1-4-19(23)22(12-15-6-5-7-27-15)11-14-8-13-9-17(25-2)18(26-3)10-16(13)21-20(14)24/h8-10,15H,4-7,11-12H2,1-3H3,(H,21,24)/t15-/m1/s1. The number of fused-ring (bicyclic) bond motifs is 1. The Bertz CT molecular complexity index is 871. The summed E-state index contributed by atoms with van der Waals surface area (Å²) in [6, 6.07) is 5.36. The normalized spacial score (nSPS) is 16.5. The van der Waals surface area contributed by atoms with Crippen LogP contribution in [-0.4, -0.2) is 49.3 Å². The van der Waals surface area contributed by atoms with Crippen LogP contribution in [0.5, 0.6) is 11.5 Å². The molecule has 1 saturated heterocycles. The maximum absolute atomic E-state index is 12.6. The Balaban J connectivity index is 1.92. The van der Waals surface area contributed by atoms with Crippen LogP contribution in [0.2, 0.25) is 0 Å². The summed E-state index contributed by atoms with van der Waals surface area (Å²) in [6.07, 6.45) is 2.39. The third-order valence-electron chi connectivity index (χ3n) is 4.89. The molecule has 0 aliphatic carbocycles. The first-order valence-electron chi connectivity index (χ1n) is 9.23. The van der Waals surface area contributed by atoms with E-state index in [1.165, 1.54) is 0 Å². The van der Waals surface area contributed by atoms with Gasteiger partial charge in [0.05, 0.1) is 32.4 Å². The molecule has 1 N–H and O–H groups in total. The molecule has 0 spiro atoms. The number of nitrogens with one attached hydrogen (secondary N) is 1. The summed E-state index contributed by atoms with van der Waals surface area (Å²) in [6.45, 7) is 3.33. The van der Waals surface area contributed by atoms with Gasteiger partial charge in [-0.15, -0.1) is 0 Å². The first-order chi connectivity index (χ1) is 13.0. The molecule has 1 aliphatic heterocycles. The molecule has 146 valence electrons. The van der Waals surface area contributed by atoms with Gasteiger partial charge in [-0.2, -0.15) is 0 Å². The number of aromatic nitrogens is 1. The lowest BCUT2D eigenvalue weighted by atomic mass is 10.1. The number of carbonyl (C=O) groups is 1. The molecule has 7 heteroatoms. The smallest absolute Gasteiger partial charge is 0.253 e. The average Bonchev–Trinajstić information content (AvgIpc) is 3.19. The Hall–Kier alpha value is -2.54. The third-order valence-corrected chi connectivity index (χ3v) is 4.89. The summed E-state index contributed by atoms with van der Waals surface area (Å²) < 4.78 is 16.3. The number of amides is 1. The second-order valence-electron chi connectivity index (χ2n) is 6.68. The molecule has 0 unspecified atom stereocenters. The van der Waals surface area contributed by atoms with Gasteiger partial charge in [-0.1, -0.05) is 6.92 Å². The Morgan fingerprint density at radius 2 is 2.00 bits per heavy atom. The molecule has 0 radical (unpaired) electrons. The van der Waals surface area contributed by atoms with Crippen molar-refractivity contribution in [3.8, 4) is 11.5 Å². The minimum Gasteiger partial charge on any atom is -0.493 e. The second-order valence-corrected chi connectivity index (χ2v) is 6.68. The van der Waals surface area contributed by atoms with E-state index in [4.69, 9.17) is 14.2 Å². The topological polar surface area (TPSA) is 80.9 Å². The third kappa shape index (κ3) is 4.24. The van der Waals surface area contributed by atoms with Crippen LogP contribution < -0.4 is 15.0 Å². The van der Waals surface area contributed by atoms with Crippen molar-refractivity contribution in [2.45, 2.75) is 38.8 Å². The van der Waals surface area contributed by atoms with E-state index in [1.807, 2.05) is 19.1 Å². The van der Waals surface area contributed by atoms with Crippen LogP contribution in [-0.2, 0) is 16.1 Å². The average molecular weight is 374 g/mol. The molecule has 27 heavy (non-hydrogen) atoms. The number of benzene rings is 1. The summed E-state index contributed by atoms with van der Waals surface area (Å²) in [4.78, 5) is 29.6. The number of hydrogen-bond donors (Lipinski definition) is 1. The van der Waals surface area contributed by atoms with Crippen molar-refractivity contribution in [1.82, 2.24) is 9.88 Å². The van der Waals surface area contributed by atoms with Crippen LogP contribution >= 0.6 is 0 Å². The van der Waals surface area contributed by atoms with Gasteiger partial charge in [0.2, 0.25) is 5.91 Å². The quantitative estimate of drug-likeness (QED) is 0.805. The van der Waals surface area contributed by atoms with Crippen molar-refractivity contribution in [3.05, 3.63) is 34.1 Å². The van der Waals surface area contributed by atoms with E-state index in [2.05, 4.69) is 4.98 Å². The molecule has 7 nitrogen and oxygen atoms in total. The zero-order valence-electron chi connectivity index (χ0n) is 16.0. The zero-order chi connectivity index (χ0) is 19.4. The largest absolute Gasteiger partial charge is 0.493 e. The molecule has 0 bridgehead atoms. The second kappa shape index (κ2) is 8.43. The van der Waals surface area contributed by atoms with Crippen molar-refractivity contribution in [3.63, 3.8) is 0 Å². The summed E-state index contributed by atoms with van der Waals surface area (Å²) in [5, 5.41) is 0.822. The first-order valence-corrected chi connectivity index (χ1v) is 9.23. The van der Waals surface area contributed by atoms with Crippen LogP contribution in [0.1, 0.15) is 31.7 Å². The summed E-state index contributed by atoms with van der Waals surface area (Å²) in [5.74, 6) is 1.15. The molecule has 2 aromatic rings.